The third-order valence-corrected chi connectivity index (χ3v) is 7.35. The maximum atomic E-state index is 13.5. The molecule has 2 aromatic heterocycles. The van der Waals surface area contributed by atoms with E-state index in [1.807, 2.05) is 30.3 Å². The highest BCUT2D eigenvalue weighted by molar-refractivity contribution is 7.86. The van der Waals surface area contributed by atoms with Crippen LogP contribution in [0.4, 0.5) is 18.9 Å². The average molecular weight is 522 g/mol. The molecule has 7 nitrogen and oxygen atoms in total. The smallest absolute Gasteiger partial charge is 0.383 e. The maximum absolute atomic E-state index is 13.5. The molecule has 0 aliphatic carbocycles. The van der Waals surface area contributed by atoms with Gasteiger partial charge in [0.2, 0.25) is 0 Å². The van der Waals surface area contributed by atoms with Crippen molar-refractivity contribution in [1.82, 2.24) is 14.3 Å². The molecule has 35 heavy (non-hydrogen) atoms. The van der Waals surface area contributed by atoms with Crippen LogP contribution < -0.4 is 10.5 Å². The number of para-hydroxylation sites is 1. The van der Waals surface area contributed by atoms with Gasteiger partial charge in [0.1, 0.15) is 5.69 Å². The fourth-order valence-electron chi connectivity index (χ4n) is 4.29. The molecule has 0 radical (unpaired) electrons. The highest BCUT2D eigenvalue weighted by atomic mass is 35.5. The van der Waals surface area contributed by atoms with Gasteiger partial charge in [0.15, 0.2) is 0 Å². The molecule has 2 aromatic carbocycles. The lowest BCUT2D eigenvalue weighted by Gasteiger charge is -2.48. The van der Waals surface area contributed by atoms with Gasteiger partial charge in [-0.1, -0.05) is 35.9 Å². The number of hydrogen-bond acceptors (Lipinski definition) is 5. The molecule has 5 rings (SSSR count). The number of anilines is 1. The first kappa shape index (κ1) is 23.7. The highest BCUT2D eigenvalue weighted by Crippen LogP contribution is 2.38. The van der Waals surface area contributed by atoms with E-state index < -0.39 is 27.5 Å². The summed E-state index contributed by atoms with van der Waals surface area (Å²) >= 11 is 6.09. The summed E-state index contributed by atoms with van der Waals surface area (Å²) < 4.78 is 65.4. The van der Waals surface area contributed by atoms with Gasteiger partial charge in [-0.2, -0.15) is 25.9 Å². The van der Waals surface area contributed by atoms with Crippen molar-refractivity contribution in [3.8, 4) is 0 Å². The van der Waals surface area contributed by atoms with Gasteiger partial charge in [-0.15, -0.1) is 0 Å². The van der Waals surface area contributed by atoms with Crippen LogP contribution in [0.2, 0.25) is 5.02 Å². The fourth-order valence-corrected chi connectivity index (χ4v) is 5.31. The summed E-state index contributed by atoms with van der Waals surface area (Å²) in [6, 6.07) is 16.5. The minimum atomic E-state index is -4.65. The summed E-state index contributed by atoms with van der Waals surface area (Å²) in [7, 11) is -3.94. The summed E-state index contributed by atoms with van der Waals surface area (Å²) in [5.41, 5.74) is -0.228. The van der Waals surface area contributed by atoms with Crippen LogP contribution >= 0.6 is 11.6 Å². The van der Waals surface area contributed by atoms with Crippen LogP contribution in [-0.2, 0) is 21.8 Å². The van der Waals surface area contributed by atoms with Crippen molar-refractivity contribution in [2.75, 3.05) is 25.0 Å². The lowest BCUT2D eigenvalue weighted by molar-refractivity contribution is -0.140. The normalized spacial score (nSPS) is 16.4. The third-order valence-electron chi connectivity index (χ3n) is 6.14. The van der Waals surface area contributed by atoms with E-state index in [0.29, 0.717) is 16.1 Å². The van der Waals surface area contributed by atoms with Crippen LogP contribution in [0.5, 0.6) is 0 Å². The second-order valence-corrected chi connectivity index (χ2v) is 10.5. The van der Waals surface area contributed by atoms with E-state index in [2.05, 4.69) is 10.3 Å². The molecule has 3 heterocycles. The first-order chi connectivity index (χ1) is 16.4. The predicted octanol–water partition coefficient (Wildman–Crippen LogP) is 4.32. The quantitative estimate of drug-likeness (QED) is 0.407. The average Bonchev–Trinajstić information content (AvgIpc) is 2.76. The minimum Gasteiger partial charge on any atom is -0.383 e. The van der Waals surface area contributed by atoms with Crippen LogP contribution in [0.3, 0.4) is 0 Å². The van der Waals surface area contributed by atoms with Crippen molar-refractivity contribution in [2.45, 2.75) is 11.6 Å². The van der Waals surface area contributed by atoms with Gasteiger partial charge in [-0.3, -0.25) is 4.98 Å². The summed E-state index contributed by atoms with van der Waals surface area (Å²) in [6.07, 6.45) is -4.65. The largest absolute Gasteiger partial charge is 0.433 e. The monoisotopic (exact) mass is 521 g/mol. The zero-order chi connectivity index (χ0) is 25.0. The van der Waals surface area contributed by atoms with Gasteiger partial charge in [0.25, 0.3) is 10.2 Å². The molecule has 3 N–H and O–H groups in total. The molecule has 1 fully saturated rings. The van der Waals surface area contributed by atoms with Crippen LogP contribution in [-0.4, -0.2) is 42.3 Å². The van der Waals surface area contributed by atoms with E-state index in [-0.39, 0.29) is 30.8 Å². The van der Waals surface area contributed by atoms with Crippen molar-refractivity contribution in [3.63, 3.8) is 0 Å². The number of aromatic nitrogens is 2. The van der Waals surface area contributed by atoms with Gasteiger partial charge in [-0.05, 0) is 36.4 Å². The van der Waals surface area contributed by atoms with Crippen LogP contribution in [0.15, 0.2) is 60.7 Å². The van der Waals surface area contributed by atoms with Crippen molar-refractivity contribution in [1.29, 1.82) is 0 Å². The molecule has 0 amide bonds. The highest BCUT2D eigenvalue weighted by Gasteiger charge is 2.49. The number of pyridine rings is 2. The Balaban J connectivity index is 1.55. The van der Waals surface area contributed by atoms with Crippen molar-refractivity contribution in [2.24, 2.45) is 5.14 Å². The Kier molecular flexibility index (Phi) is 5.63. The maximum Gasteiger partial charge on any atom is 0.433 e. The Labute approximate surface area is 203 Å². The standard InChI is InChI=1S/C23H19ClF3N5O2S/c24-15-6-7-18-16(9-15)19(10-21(31-18)23(25,26)27)29-11-22(12-32(13-22)35(28,33)34)20-8-5-14-3-1-2-4-17(14)30-20/h1-10H,11-13H2,(H,29,31)(H2,28,33,34). The number of nitrogens with zero attached hydrogens (tertiary/aromatic N) is 3. The molecular weight excluding hydrogens is 503 g/mol. The Morgan fingerprint density at radius 2 is 1.77 bits per heavy atom. The molecular formula is C23H19ClF3N5O2S. The van der Waals surface area contributed by atoms with Crippen molar-refractivity contribution >= 4 is 49.3 Å². The number of benzene rings is 2. The number of alkyl halides is 3. The molecule has 1 saturated heterocycles. The SMILES string of the molecule is NS(=O)(=O)N1CC(CNc2cc(C(F)(F)F)nc3ccc(Cl)cc23)(c2ccc3ccccc3n2)C1. The summed E-state index contributed by atoms with van der Waals surface area (Å²) in [6.45, 7) is 0.160. The van der Waals surface area contributed by atoms with E-state index in [4.69, 9.17) is 21.7 Å². The van der Waals surface area contributed by atoms with Crippen LogP contribution in [0, 0.1) is 0 Å². The zero-order valence-corrected chi connectivity index (χ0v) is 19.6. The lowest BCUT2D eigenvalue weighted by Crippen LogP contribution is -2.65. The Bertz CT molecular complexity index is 1560. The Hall–Kier alpha value is -2.99. The first-order valence-corrected chi connectivity index (χ1v) is 12.4. The molecule has 0 saturated carbocycles. The molecule has 0 spiro atoms. The number of nitrogens with two attached hydrogens (primary N) is 1. The summed E-state index contributed by atoms with van der Waals surface area (Å²) in [5, 5.41) is 10.1. The fraction of sp³-hybridized carbons (Fsp3) is 0.217. The molecule has 4 aromatic rings. The molecule has 0 atom stereocenters. The van der Waals surface area contributed by atoms with E-state index in [1.165, 1.54) is 18.2 Å². The lowest BCUT2D eigenvalue weighted by atomic mass is 9.77. The van der Waals surface area contributed by atoms with Crippen LogP contribution in [0.25, 0.3) is 21.8 Å². The second kappa shape index (κ2) is 8.30. The number of halogens is 4. The summed E-state index contributed by atoms with van der Waals surface area (Å²) in [4.78, 5) is 8.44. The van der Waals surface area contributed by atoms with Crippen molar-refractivity contribution in [3.05, 3.63) is 77.1 Å². The third kappa shape index (κ3) is 4.52. The number of rotatable bonds is 5. The number of fused-ring (bicyclic) bond motifs is 2. The number of nitrogens with one attached hydrogen (secondary N) is 1. The Morgan fingerprint density at radius 1 is 1.03 bits per heavy atom. The molecule has 0 bridgehead atoms. The molecule has 0 unspecified atom stereocenters. The molecule has 182 valence electrons. The van der Waals surface area contributed by atoms with Gasteiger partial charge in [-0.25, -0.2) is 10.1 Å². The van der Waals surface area contributed by atoms with E-state index >= 15 is 0 Å². The van der Waals surface area contributed by atoms with E-state index in [1.54, 1.807) is 6.07 Å². The molecule has 1 aliphatic rings. The van der Waals surface area contributed by atoms with Gasteiger partial charge < -0.3 is 5.32 Å². The first-order valence-electron chi connectivity index (χ1n) is 10.5. The zero-order valence-electron chi connectivity index (χ0n) is 18.1. The van der Waals surface area contributed by atoms with Gasteiger partial charge in [0.05, 0.1) is 22.1 Å². The van der Waals surface area contributed by atoms with Gasteiger partial charge >= 0.3 is 6.18 Å². The minimum absolute atomic E-state index is 0.0279. The number of hydrogen-bond donors (Lipinski definition) is 2. The van der Waals surface area contributed by atoms with Crippen molar-refractivity contribution < 1.29 is 21.6 Å². The van der Waals surface area contributed by atoms with E-state index in [0.717, 1.165) is 21.3 Å². The van der Waals surface area contributed by atoms with E-state index in [9.17, 15) is 21.6 Å². The topological polar surface area (TPSA) is 101 Å². The summed E-state index contributed by atoms with van der Waals surface area (Å²) in [5.74, 6) is 0. The molecule has 12 heteroatoms. The Morgan fingerprint density at radius 3 is 2.49 bits per heavy atom. The van der Waals surface area contributed by atoms with Gasteiger partial charge in [0, 0.05) is 41.1 Å². The predicted molar refractivity (Wildman–Crippen MR) is 128 cm³/mol. The molecule has 1 aliphatic heterocycles. The van der Waals surface area contributed by atoms with Crippen LogP contribution in [0.1, 0.15) is 11.4 Å². The second-order valence-electron chi connectivity index (χ2n) is 8.55.